The first-order chi connectivity index (χ1) is 16.5. The number of nitrogens with zero attached hydrogens (tertiary/aromatic N) is 3. The molecule has 8 heteroatoms. The Morgan fingerprint density at radius 2 is 1.56 bits per heavy atom. The van der Waals surface area contributed by atoms with Crippen LogP contribution in [0.1, 0.15) is 11.1 Å². The van der Waals surface area contributed by atoms with Crippen LogP contribution in [0.15, 0.2) is 102 Å². The molecule has 0 atom stereocenters. The number of fused-ring (bicyclic) bond motifs is 1. The third kappa shape index (κ3) is 4.54. The van der Waals surface area contributed by atoms with E-state index in [1.165, 1.54) is 0 Å². The van der Waals surface area contributed by atoms with Crippen LogP contribution in [0.2, 0.25) is 0 Å². The second kappa shape index (κ2) is 9.09. The van der Waals surface area contributed by atoms with Crippen LogP contribution in [0.3, 0.4) is 0 Å². The van der Waals surface area contributed by atoms with Crippen LogP contribution >= 0.6 is 0 Å². The topological polar surface area (TPSA) is 88.4 Å². The molecule has 0 aliphatic heterocycles. The molecule has 2 N–H and O–H groups in total. The smallest absolute Gasteiger partial charge is 0.240 e. The normalized spacial score (nSPS) is 11.6. The molecule has 0 unspecified atom stereocenters. The number of aromatic nitrogens is 3. The van der Waals surface area contributed by atoms with Gasteiger partial charge in [-0.15, -0.1) is 0 Å². The van der Waals surface area contributed by atoms with Crippen molar-refractivity contribution in [3.63, 3.8) is 0 Å². The fraction of sp³-hybridized carbons (Fsp3) is 0.0769. The molecule has 0 aliphatic carbocycles. The monoisotopic (exact) mass is 469 g/mol. The van der Waals surface area contributed by atoms with E-state index in [1.807, 2.05) is 73.7 Å². The van der Waals surface area contributed by atoms with E-state index in [-0.39, 0.29) is 11.4 Å². The van der Waals surface area contributed by atoms with Crippen molar-refractivity contribution in [3.8, 4) is 11.3 Å². The Labute approximate surface area is 198 Å². The van der Waals surface area contributed by atoms with Crippen molar-refractivity contribution in [2.75, 3.05) is 5.32 Å². The summed E-state index contributed by atoms with van der Waals surface area (Å²) >= 11 is 0. The van der Waals surface area contributed by atoms with Crippen molar-refractivity contribution in [1.29, 1.82) is 0 Å². The van der Waals surface area contributed by atoms with Crippen LogP contribution in [0, 0.1) is 6.92 Å². The van der Waals surface area contributed by atoms with E-state index in [1.54, 1.807) is 35.0 Å². The van der Waals surface area contributed by atoms with E-state index < -0.39 is 10.0 Å². The lowest BCUT2D eigenvalue weighted by Gasteiger charge is -2.12. The van der Waals surface area contributed by atoms with Gasteiger partial charge in [0.05, 0.1) is 16.8 Å². The lowest BCUT2D eigenvalue weighted by molar-refractivity contribution is 0.581. The Balaban J connectivity index is 1.40. The van der Waals surface area contributed by atoms with Gasteiger partial charge in [0.2, 0.25) is 10.0 Å². The van der Waals surface area contributed by atoms with Gasteiger partial charge in [0, 0.05) is 29.4 Å². The summed E-state index contributed by atoms with van der Waals surface area (Å²) in [5.74, 6) is 0.731. The van der Waals surface area contributed by atoms with Gasteiger partial charge in [0.25, 0.3) is 0 Å². The third-order valence-corrected chi connectivity index (χ3v) is 6.88. The molecular formula is C26H23N5O2S. The summed E-state index contributed by atoms with van der Waals surface area (Å²) in [6, 6.07) is 27.9. The molecule has 0 spiro atoms. The summed E-state index contributed by atoms with van der Waals surface area (Å²) < 4.78 is 29.8. The highest BCUT2D eigenvalue weighted by Gasteiger charge is 2.15. The lowest BCUT2D eigenvalue weighted by Crippen LogP contribution is -2.23. The summed E-state index contributed by atoms with van der Waals surface area (Å²) in [5.41, 5.74) is 5.18. The first-order valence-electron chi connectivity index (χ1n) is 10.8. The molecule has 0 aliphatic rings. The summed E-state index contributed by atoms with van der Waals surface area (Å²) in [7, 11) is -3.63. The van der Waals surface area contributed by atoms with Crippen molar-refractivity contribution >= 4 is 27.2 Å². The maximum Gasteiger partial charge on any atom is 0.240 e. The predicted octanol–water partition coefficient (Wildman–Crippen LogP) is 4.93. The van der Waals surface area contributed by atoms with Crippen LogP contribution in [-0.2, 0) is 16.6 Å². The largest absolute Gasteiger partial charge is 0.340 e. The van der Waals surface area contributed by atoms with Crippen molar-refractivity contribution < 1.29 is 8.42 Å². The second-order valence-corrected chi connectivity index (χ2v) is 9.68. The van der Waals surface area contributed by atoms with Gasteiger partial charge >= 0.3 is 0 Å². The molecule has 0 saturated carbocycles. The zero-order chi connectivity index (χ0) is 23.5. The summed E-state index contributed by atoms with van der Waals surface area (Å²) in [5, 5.41) is 7.80. The van der Waals surface area contributed by atoms with Gasteiger partial charge < -0.3 is 5.32 Å². The van der Waals surface area contributed by atoms with Crippen LogP contribution in [0.5, 0.6) is 0 Å². The molecule has 7 nitrogen and oxygen atoms in total. The van der Waals surface area contributed by atoms with Gasteiger partial charge in [-0.1, -0.05) is 60.7 Å². The SMILES string of the molecule is Cc1cnn2c(Nc3ccc(S(=O)(=O)NCc4ccccc4)cc3)cc(-c3ccccc3)nc12. The number of sulfonamides is 1. The first-order valence-corrected chi connectivity index (χ1v) is 12.3. The average Bonchev–Trinajstić information content (AvgIpc) is 3.25. The Morgan fingerprint density at radius 1 is 0.882 bits per heavy atom. The molecule has 5 rings (SSSR count). The van der Waals surface area contributed by atoms with E-state index in [9.17, 15) is 8.42 Å². The lowest BCUT2D eigenvalue weighted by atomic mass is 10.1. The van der Waals surface area contributed by atoms with Gasteiger partial charge in [-0.25, -0.2) is 18.1 Å². The molecule has 0 bridgehead atoms. The molecule has 0 fully saturated rings. The molecule has 0 saturated heterocycles. The minimum absolute atomic E-state index is 0.203. The van der Waals surface area contributed by atoms with Gasteiger partial charge in [-0.2, -0.15) is 9.61 Å². The highest BCUT2D eigenvalue weighted by atomic mass is 32.2. The zero-order valence-corrected chi connectivity index (χ0v) is 19.3. The zero-order valence-electron chi connectivity index (χ0n) is 18.5. The predicted molar refractivity (Wildman–Crippen MR) is 133 cm³/mol. The number of nitrogens with one attached hydrogen (secondary N) is 2. The standard InChI is InChI=1S/C26H23N5O2S/c1-19-17-27-31-25(16-24(30-26(19)31)21-10-6-3-7-11-21)29-22-12-14-23(15-13-22)34(32,33)28-18-20-8-4-2-5-9-20/h2-17,28-29H,18H2,1H3. The fourth-order valence-corrected chi connectivity index (χ4v) is 4.66. The first kappa shape index (κ1) is 21.8. The average molecular weight is 470 g/mol. The summed E-state index contributed by atoms with van der Waals surface area (Å²) in [6.45, 7) is 2.20. The molecule has 3 aromatic carbocycles. The van der Waals surface area contributed by atoms with Crippen LogP contribution in [-0.4, -0.2) is 23.0 Å². The number of aryl methyl sites for hydroxylation is 1. The molecule has 34 heavy (non-hydrogen) atoms. The number of hydrogen-bond acceptors (Lipinski definition) is 5. The van der Waals surface area contributed by atoms with E-state index >= 15 is 0 Å². The summed E-state index contributed by atoms with van der Waals surface area (Å²) in [6.07, 6.45) is 1.77. The van der Waals surface area contributed by atoms with Crippen LogP contribution < -0.4 is 10.0 Å². The maximum atomic E-state index is 12.7. The van der Waals surface area contributed by atoms with E-state index in [0.717, 1.165) is 39.5 Å². The molecular weight excluding hydrogens is 446 g/mol. The summed E-state index contributed by atoms with van der Waals surface area (Å²) in [4.78, 5) is 4.97. The molecule has 5 aromatic rings. The minimum atomic E-state index is -3.63. The van der Waals surface area contributed by atoms with Crippen LogP contribution in [0.25, 0.3) is 16.9 Å². The van der Waals surface area contributed by atoms with Crippen molar-refractivity contribution in [3.05, 3.63) is 108 Å². The van der Waals surface area contributed by atoms with Gasteiger partial charge in [0.15, 0.2) is 5.65 Å². The highest BCUT2D eigenvalue weighted by molar-refractivity contribution is 7.89. The van der Waals surface area contributed by atoms with E-state index in [2.05, 4.69) is 15.1 Å². The highest BCUT2D eigenvalue weighted by Crippen LogP contribution is 2.26. The van der Waals surface area contributed by atoms with Gasteiger partial charge in [-0.3, -0.25) is 0 Å². The molecule has 2 heterocycles. The van der Waals surface area contributed by atoms with Gasteiger partial charge in [-0.05, 0) is 36.8 Å². The second-order valence-electron chi connectivity index (χ2n) is 7.92. The Bertz CT molecular complexity index is 1530. The quantitative estimate of drug-likeness (QED) is 0.353. The van der Waals surface area contributed by atoms with Crippen LogP contribution in [0.4, 0.5) is 11.5 Å². The van der Waals surface area contributed by atoms with E-state index in [4.69, 9.17) is 4.98 Å². The molecule has 170 valence electrons. The van der Waals surface area contributed by atoms with Crippen molar-refractivity contribution in [1.82, 2.24) is 19.3 Å². The Morgan fingerprint density at radius 3 is 2.26 bits per heavy atom. The minimum Gasteiger partial charge on any atom is -0.340 e. The third-order valence-electron chi connectivity index (χ3n) is 5.46. The fourth-order valence-electron chi connectivity index (χ4n) is 3.64. The Hall–Kier alpha value is -4.01. The number of hydrogen-bond donors (Lipinski definition) is 2. The molecule has 0 radical (unpaired) electrons. The van der Waals surface area contributed by atoms with Crippen molar-refractivity contribution in [2.45, 2.75) is 18.4 Å². The van der Waals surface area contributed by atoms with E-state index in [0.29, 0.717) is 0 Å². The Kier molecular flexibility index (Phi) is 5.83. The number of benzene rings is 3. The molecule has 2 aromatic heterocycles. The van der Waals surface area contributed by atoms with Gasteiger partial charge in [0.1, 0.15) is 5.82 Å². The number of rotatable bonds is 7. The van der Waals surface area contributed by atoms with Crippen molar-refractivity contribution in [2.24, 2.45) is 0 Å². The molecule has 0 amide bonds. The maximum absolute atomic E-state index is 12.7. The number of anilines is 2.